The van der Waals surface area contributed by atoms with Crippen LogP contribution in [0.5, 0.6) is 0 Å². The molecular weight excluding hydrogens is 250 g/mol. The van der Waals surface area contributed by atoms with Gasteiger partial charge in [0.25, 0.3) is 0 Å². The molecule has 0 fully saturated rings. The van der Waals surface area contributed by atoms with Gasteiger partial charge in [-0.15, -0.1) is 11.3 Å². The van der Waals surface area contributed by atoms with Crippen molar-refractivity contribution in [3.05, 3.63) is 57.3 Å². The van der Waals surface area contributed by atoms with Crippen molar-refractivity contribution < 1.29 is 0 Å². The van der Waals surface area contributed by atoms with E-state index in [0.29, 0.717) is 0 Å². The first-order valence-electron chi connectivity index (χ1n) is 7.06. The number of nitrogens with zero attached hydrogens (tertiary/aromatic N) is 1. The summed E-state index contributed by atoms with van der Waals surface area (Å²) in [5, 5.41) is 2.34. The van der Waals surface area contributed by atoms with Gasteiger partial charge in [0.15, 0.2) is 0 Å². The van der Waals surface area contributed by atoms with E-state index in [2.05, 4.69) is 61.4 Å². The molecule has 2 aromatic rings. The van der Waals surface area contributed by atoms with Crippen LogP contribution >= 0.6 is 11.3 Å². The Morgan fingerprint density at radius 2 is 1.79 bits per heavy atom. The fraction of sp³-hybridized carbons (Fsp3) is 0.412. The van der Waals surface area contributed by atoms with E-state index in [0.717, 1.165) is 26.1 Å². The normalized spacial score (nSPS) is 11.2. The molecule has 0 aliphatic carbocycles. The maximum Gasteiger partial charge on any atom is 0.0248 e. The average Bonchev–Trinajstić information content (AvgIpc) is 2.79. The molecule has 1 nitrogen and oxygen atoms in total. The molecule has 0 saturated carbocycles. The lowest BCUT2D eigenvalue weighted by atomic mass is 10.1. The molecular formula is C17H23NS. The van der Waals surface area contributed by atoms with E-state index in [1.807, 2.05) is 11.3 Å². The summed E-state index contributed by atoms with van der Waals surface area (Å²) in [6, 6.07) is 10.7. The summed E-state index contributed by atoms with van der Waals surface area (Å²) in [6.45, 7) is 9.93. The predicted octanol–water partition coefficient (Wildman–Crippen LogP) is 4.64. The van der Waals surface area contributed by atoms with Gasteiger partial charge in [0.2, 0.25) is 0 Å². The Morgan fingerprint density at radius 1 is 1.05 bits per heavy atom. The van der Waals surface area contributed by atoms with Gasteiger partial charge in [-0.3, -0.25) is 4.90 Å². The molecule has 0 saturated heterocycles. The fourth-order valence-electron chi connectivity index (χ4n) is 2.50. The van der Waals surface area contributed by atoms with Crippen molar-refractivity contribution in [2.24, 2.45) is 0 Å². The highest BCUT2D eigenvalue weighted by molar-refractivity contribution is 7.10. The Kier molecular flexibility index (Phi) is 5.17. The molecule has 0 unspecified atom stereocenters. The Hall–Kier alpha value is -1.12. The lowest BCUT2D eigenvalue weighted by molar-refractivity contribution is 0.271. The van der Waals surface area contributed by atoms with Crippen molar-refractivity contribution in [2.45, 2.75) is 40.3 Å². The molecule has 0 amide bonds. The van der Waals surface area contributed by atoms with Crippen LogP contribution < -0.4 is 0 Å². The summed E-state index contributed by atoms with van der Waals surface area (Å²) >= 11 is 1.89. The number of benzene rings is 1. The summed E-state index contributed by atoms with van der Waals surface area (Å²) in [4.78, 5) is 3.99. The quantitative estimate of drug-likeness (QED) is 0.741. The van der Waals surface area contributed by atoms with Crippen LogP contribution in [-0.2, 0) is 19.5 Å². The minimum absolute atomic E-state index is 1.04. The van der Waals surface area contributed by atoms with Crippen LogP contribution in [0.1, 0.15) is 35.4 Å². The topological polar surface area (TPSA) is 3.24 Å². The van der Waals surface area contributed by atoms with E-state index in [4.69, 9.17) is 0 Å². The lowest BCUT2D eigenvalue weighted by Gasteiger charge is -2.21. The second-order valence-electron chi connectivity index (χ2n) is 4.94. The monoisotopic (exact) mass is 273 g/mol. The summed E-state index contributed by atoms with van der Waals surface area (Å²) in [7, 11) is 0. The van der Waals surface area contributed by atoms with Gasteiger partial charge in [-0.25, -0.2) is 0 Å². The number of aryl methyl sites for hydroxylation is 1. The molecule has 2 heteroatoms. The van der Waals surface area contributed by atoms with Gasteiger partial charge in [0.1, 0.15) is 0 Å². The Balaban J connectivity index is 2.06. The van der Waals surface area contributed by atoms with Crippen molar-refractivity contribution in [2.75, 3.05) is 6.54 Å². The van der Waals surface area contributed by atoms with Crippen molar-refractivity contribution in [3.63, 3.8) is 0 Å². The fourth-order valence-corrected chi connectivity index (χ4v) is 3.45. The van der Waals surface area contributed by atoms with Crippen molar-refractivity contribution >= 4 is 11.3 Å². The first kappa shape index (κ1) is 14.3. The molecule has 19 heavy (non-hydrogen) atoms. The molecule has 0 radical (unpaired) electrons. The van der Waals surface area contributed by atoms with Crippen LogP contribution in [0.15, 0.2) is 35.7 Å². The summed E-state index contributed by atoms with van der Waals surface area (Å²) < 4.78 is 0. The minimum atomic E-state index is 1.04. The van der Waals surface area contributed by atoms with Gasteiger partial charge in [-0.05, 0) is 42.0 Å². The molecule has 0 bridgehead atoms. The lowest BCUT2D eigenvalue weighted by Crippen LogP contribution is -2.22. The number of hydrogen-bond acceptors (Lipinski definition) is 2. The van der Waals surface area contributed by atoms with E-state index in [9.17, 15) is 0 Å². The van der Waals surface area contributed by atoms with Gasteiger partial charge in [0, 0.05) is 18.0 Å². The average molecular weight is 273 g/mol. The number of thiophene rings is 1. The molecule has 0 atom stereocenters. The minimum Gasteiger partial charge on any atom is -0.295 e. The van der Waals surface area contributed by atoms with E-state index >= 15 is 0 Å². The largest absolute Gasteiger partial charge is 0.295 e. The van der Waals surface area contributed by atoms with Crippen LogP contribution in [0.4, 0.5) is 0 Å². The highest BCUT2D eigenvalue weighted by Crippen LogP contribution is 2.24. The number of hydrogen-bond donors (Lipinski definition) is 0. The van der Waals surface area contributed by atoms with Crippen LogP contribution in [0.2, 0.25) is 0 Å². The zero-order valence-corrected chi connectivity index (χ0v) is 13.0. The van der Waals surface area contributed by atoms with Crippen molar-refractivity contribution in [1.82, 2.24) is 4.90 Å². The van der Waals surface area contributed by atoms with Gasteiger partial charge in [-0.2, -0.15) is 0 Å². The second kappa shape index (κ2) is 6.88. The Bertz CT molecular complexity index is 501. The molecule has 1 heterocycles. The highest BCUT2D eigenvalue weighted by Gasteiger charge is 2.11. The predicted molar refractivity (Wildman–Crippen MR) is 84.7 cm³/mol. The molecule has 102 valence electrons. The molecule has 1 aromatic carbocycles. The van der Waals surface area contributed by atoms with E-state index in [1.54, 1.807) is 5.56 Å². The second-order valence-corrected chi connectivity index (χ2v) is 6.02. The van der Waals surface area contributed by atoms with E-state index in [-0.39, 0.29) is 0 Å². The molecule has 0 N–H and O–H groups in total. The first-order chi connectivity index (χ1) is 9.24. The highest BCUT2D eigenvalue weighted by atomic mass is 32.1. The van der Waals surface area contributed by atoms with Crippen LogP contribution in [0, 0.1) is 6.92 Å². The molecule has 0 spiro atoms. The van der Waals surface area contributed by atoms with Crippen LogP contribution in [0.25, 0.3) is 0 Å². The molecule has 0 aliphatic heterocycles. The Morgan fingerprint density at radius 3 is 2.42 bits per heavy atom. The summed E-state index contributed by atoms with van der Waals surface area (Å²) in [6.07, 6.45) is 1.15. The van der Waals surface area contributed by atoms with Crippen LogP contribution in [-0.4, -0.2) is 11.4 Å². The number of rotatable bonds is 6. The zero-order valence-electron chi connectivity index (χ0n) is 12.1. The maximum atomic E-state index is 2.51. The standard InChI is InChI=1S/C17H23NS/c1-4-17-14(3)19-13-16(17)12-18(5-2)11-15-9-7-6-8-10-15/h6-10,13H,4-5,11-12H2,1-3H3. The SMILES string of the molecule is CCc1c(CN(CC)Cc2ccccc2)csc1C. The van der Waals surface area contributed by atoms with Gasteiger partial charge >= 0.3 is 0 Å². The van der Waals surface area contributed by atoms with E-state index < -0.39 is 0 Å². The summed E-state index contributed by atoms with van der Waals surface area (Å²) in [5.41, 5.74) is 4.47. The van der Waals surface area contributed by atoms with Crippen molar-refractivity contribution in [3.8, 4) is 0 Å². The van der Waals surface area contributed by atoms with Crippen molar-refractivity contribution in [1.29, 1.82) is 0 Å². The zero-order chi connectivity index (χ0) is 13.7. The third-order valence-electron chi connectivity index (χ3n) is 3.63. The first-order valence-corrected chi connectivity index (χ1v) is 7.94. The van der Waals surface area contributed by atoms with Gasteiger partial charge in [0.05, 0.1) is 0 Å². The third-order valence-corrected chi connectivity index (χ3v) is 4.64. The third kappa shape index (κ3) is 3.68. The van der Waals surface area contributed by atoms with Gasteiger partial charge < -0.3 is 0 Å². The molecule has 2 rings (SSSR count). The molecule has 0 aliphatic rings. The summed E-state index contributed by atoms with van der Waals surface area (Å²) in [5.74, 6) is 0. The van der Waals surface area contributed by atoms with Crippen LogP contribution in [0.3, 0.4) is 0 Å². The maximum absolute atomic E-state index is 2.51. The van der Waals surface area contributed by atoms with Gasteiger partial charge in [-0.1, -0.05) is 44.2 Å². The van der Waals surface area contributed by atoms with E-state index in [1.165, 1.54) is 16.0 Å². The molecule has 1 aromatic heterocycles. The smallest absolute Gasteiger partial charge is 0.0248 e. The Labute approximate surface area is 120 Å².